The summed E-state index contributed by atoms with van der Waals surface area (Å²) in [5, 5.41) is 10.5. The predicted molar refractivity (Wildman–Crippen MR) is 93.1 cm³/mol. The lowest BCUT2D eigenvalue weighted by Gasteiger charge is -2.40. The molecule has 126 valence electrons. The molecule has 1 saturated carbocycles. The largest absolute Gasteiger partial charge is 0.479 e. The zero-order valence-corrected chi connectivity index (χ0v) is 14.4. The fourth-order valence-corrected chi connectivity index (χ4v) is 4.17. The fourth-order valence-electron chi connectivity index (χ4n) is 3.28. The summed E-state index contributed by atoms with van der Waals surface area (Å²) >= 11 is 1.30. The van der Waals surface area contributed by atoms with Crippen LogP contribution in [-0.4, -0.2) is 39.5 Å². The van der Waals surface area contributed by atoms with Crippen molar-refractivity contribution in [3.8, 4) is 10.6 Å². The van der Waals surface area contributed by atoms with E-state index < -0.39 is 11.5 Å². The van der Waals surface area contributed by atoms with Gasteiger partial charge in [0.05, 0.1) is 6.20 Å². The molecule has 3 rings (SSSR count). The number of likely N-dealkylation sites (N-methyl/N-ethyl adjacent to an activating group) is 1. The normalized spacial score (nSPS) is 16.5. The average molecular weight is 344 g/mol. The van der Waals surface area contributed by atoms with Gasteiger partial charge in [-0.25, -0.2) is 9.78 Å². The maximum absolute atomic E-state index is 12.8. The maximum Gasteiger partial charge on any atom is 0.329 e. The second kappa shape index (κ2) is 6.73. The van der Waals surface area contributed by atoms with Crippen molar-refractivity contribution in [2.45, 2.75) is 37.6 Å². The van der Waals surface area contributed by atoms with Gasteiger partial charge in [0, 0.05) is 12.6 Å². The van der Waals surface area contributed by atoms with Gasteiger partial charge in [0.2, 0.25) is 0 Å². The number of carbonyl (C=O) groups is 2. The lowest BCUT2D eigenvalue weighted by Crippen LogP contribution is -2.56. The van der Waals surface area contributed by atoms with Crippen molar-refractivity contribution in [2.75, 3.05) is 7.05 Å². The van der Waals surface area contributed by atoms with E-state index in [-0.39, 0.29) is 5.91 Å². The molecule has 0 aliphatic heterocycles. The van der Waals surface area contributed by atoms with Gasteiger partial charge in [-0.15, -0.1) is 11.3 Å². The molecule has 5 nitrogen and oxygen atoms in total. The zero-order valence-electron chi connectivity index (χ0n) is 13.6. The van der Waals surface area contributed by atoms with Crippen LogP contribution in [0.1, 0.15) is 41.8 Å². The highest BCUT2D eigenvalue weighted by Gasteiger charge is 2.45. The summed E-state index contributed by atoms with van der Waals surface area (Å²) in [6.07, 6.45) is 5.26. The van der Waals surface area contributed by atoms with Gasteiger partial charge in [-0.05, 0) is 12.8 Å². The van der Waals surface area contributed by atoms with Gasteiger partial charge >= 0.3 is 5.97 Å². The molecule has 24 heavy (non-hydrogen) atoms. The van der Waals surface area contributed by atoms with Crippen molar-refractivity contribution in [1.29, 1.82) is 0 Å². The van der Waals surface area contributed by atoms with Crippen LogP contribution in [0.3, 0.4) is 0 Å². The van der Waals surface area contributed by atoms with Crippen LogP contribution in [0.25, 0.3) is 10.6 Å². The molecule has 6 heteroatoms. The van der Waals surface area contributed by atoms with Gasteiger partial charge < -0.3 is 10.0 Å². The Bertz CT molecular complexity index is 736. The monoisotopic (exact) mass is 344 g/mol. The Kier molecular flexibility index (Phi) is 4.66. The van der Waals surface area contributed by atoms with Crippen molar-refractivity contribution in [3.63, 3.8) is 0 Å². The predicted octanol–water partition coefficient (Wildman–Crippen LogP) is 3.67. The number of carboxylic acids is 1. The summed E-state index contributed by atoms with van der Waals surface area (Å²) in [7, 11) is 1.60. The molecule has 1 aromatic carbocycles. The van der Waals surface area contributed by atoms with E-state index in [0.717, 1.165) is 29.8 Å². The van der Waals surface area contributed by atoms with Crippen LogP contribution >= 0.6 is 11.3 Å². The molecule has 1 aliphatic rings. The smallest absolute Gasteiger partial charge is 0.329 e. The maximum atomic E-state index is 12.8. The first-order valence-corrected chi connectivity index (χ1v) is 8.89. The molecule has 1 amide bonds. The number of aromatic nitrogens is 1. The van der Waals surface area contributed by atoms with E-state index in [1.807, 2.05) is 30.3 Å². The van der Waals surface area contributed by atoms with Gasteiger partial charge in [-0.3, -0.25) is 4.79 Å². The van der Waals surface area contributed by atoms with Gasteiger partial charge in [0.15, 0.2) is 0 Å². The number of carboxylic acid groups (broad SMARTS) is 1. The number of hydrogen-bond acceptors (Lipinski definition) is 4. The number of aliphatic carboxylic acids is 1. The molecule has 1 fully saturated rings. The molecular formula is C18H20N2O3S. The minimum Gasteiger partial charge on any atom is -0.479 e. The minimum absolute atomic E-state index is 0.265. The van der Waals surface area contributed by atoms with Crippen LogP contribution < -0.4 is 0 Å². The van der Waals surface area contributed by atoms with Crippen LogP contribution in [0.4, 0.5) is 0 Å². The Hall–Kier alpha value is -2.21. The quantitative estimate of drug-likeness (QED) is 0.919. The first-order valence-electron chi connectivity index (χ1n) is 8.07. The van der Waals surface area contributed by atoms with Crippen LogP contribution in [-0.2, 0) is 4.79 Å². The molecule has 2 aromatic rings. The number of thiazole rings is 1. The van der Waals surface area contributed by atoms with Crippen LogP contribution in [0.2, 0.25) is 0 Å². The van der Waals surface area contributed by atoms with E-state index in [9.17, 15) is 14.7 Å². The molecule has 0 bridgehead atoms. The summed E-state index contributed by atoms with van der Waals surface area (Å²) in [6, 6.07) is 9.65. The summed E-state index contributed by atoms with van der Waals surface area (Å²) in [4.78, 5) is 30.9. The highest BCUT2D eigenvalue weighted by atomic mass is 32.1. The van der Waals surface area contributed by atoms with Crippen LogP contribution in [0.15, 0.2) is 36.5 Å². The molecule has 1 N–H and O–H groups in total. The summed E-state index contributed by atoms with van der Waals surface area (Å²) in [6.45, 7) is 0. The Morgan fingerprint density at radius 3 is 2.46 bits per heavy atom. The third kappa shape index (κ3) is 2.94. The van der Waals surface area contributed by atoms with Gasteiger partial charge in [-0.1, -0.05) is 49.6 Å². The number of benzene rings is 1. The number of amides is 1. The third-order valence-corrected chi connectivity index (χ3v) is 5.80. The lowest BCUT2D eigenvalue weighted by molar-refractivity contribution is -0.151. The third-order valence-electron chi connectivity index (χ3n) is 4.76. The molecule has 0 atom stereocenters. The Morgan fingerprint density at radius 2 is 1.83 bits per heavy atom. The Balaban J connectivity index is 1.86. The van der Waals surface area contributed by atoms with Crippen LogP contribution in [0.5, 0.6) is 0 Å². The van der Waals surface area contributed by atoms with Crippen molar-refractivity contribution in [3.05, 3.63) is 41.4 Å². The molecule has 0 radical (unpaired) electrons. The van der Waals surface area contributed by atoms with E-state index in [4.69, 9.17) is 0 Å². The second-order valence-electron chi connectivity index (χ2n) is 6.16. The van der Waals surface area contributed by atoms with Crippen molar-refractivity contribution >= 4 is 23.2 Å². The molecule has 1 aromatic heterocycles. The van der Waals surface area contributed by atoms with Crippen molar-refractivity contribution < 1.29 is 14.7 Å². The number of nitrogens with zero attached hydrogens (tertiary/aromatic N) is 2. The Labute approximate surface area is 145 Å². The van der Waals surface area contributed by atoms with Crippen molar-refractivity contribution in [1.82, 2.24) is 9.88 Å². The fraction of sp³-hybridized carbons (Fsp3) is 0.389. The number of rotatable bonds is 4. The van der Waals surface area contributed by atoms with Gasteiger partial charge in [0.25, 0.3) is 5.91 Å². The summed E-state index contributed by atoms with van der Waals surface area (Å²) < 4.78 is 0. The molecule has 0 spiro atoms. The molecule has 1 aliphatic carbocycles. The minimum atomic E-state index is -1.09. The topological polar surface area (TPSA) is 70.5 Å². The van der Waals surface area contributed by atoms with E-state index in [1.54, 1.807) is 13.2 Å². The van der Waals surface area contributed by atoms with E-state index >= 15 is 0 Å². The summed E-state index contributed by atoms with van der Waals surface area (Å²) in [5.74, 6) is -1.18. The Morgan fingerprint density at radius 1 is 1.17 bits per heavy atom. The van der Waals surface area contributed by atoms with E-state index in [0.29, 0.717) is 17.7 Å². The highest BCUT2D eigenvalue weighted by Crippen LogP contribution is 2.35. The second-order valence-corrected chi connectivity index (χ2v) is 7.19. The van der Waals surface area contributed by atoms with E-state index in [2.05, 4.69) is 4.98 Å². The van der Waals surface area contributed by atoms with E-state index in [1.165, 1.54) is 16.2 Å². The average Bonchev–Trinajstić information content (AvgIpc) is 3.12. The molecular weight excluding hydrogens is 324 g/mol. The highest BCUT2D eigenvalue weighted by molar-refractivity contribution is 7.16. The summed E-state index contributed by atoms with van der Waals surface area (Å²) in [5.41, 5.74) is -0.138. The standard InChI is InChI=1S/C18H20N2O3S/c1-20(18(17(22)23)10-6-3-7-11-18)16(21)14-12-19-15(24-14)13-8-4-2-5-9-13/h2,4-5,8-9,12H,3,6-7,10-11H2,1H3,(H,22,23). The molecule has 1 heterocycles. The van der Waals surface area contributed by atoms with Gasteiger partial charge in [0.1, 0.15) is 15.4 Å². The first kappa shape index (κ1) is 16.6. The van der Waals surface area contributed by atoms with Crippen LogP contribution in [0, 0.1) is 0 Å². The molecule has 0 unspecified atom stereocenters. The number of hydrogen-bond donors (Lipinski definition) is 1. The first-order chi connectivity index (χ1) is 11.5. The molecule has 0 saturated heterocycles. The van der Waals surface area contributed by atoms with Gasteiger partial charge in [-0.2, -0.15) is 0 Å². The SMILES string of the molecule is CN(C(=O)c1cnc(-c2ccccc2)s1)C1(C(=O)O)CCCCC1. The van der Waals surface area contributed by atoms with Crippen molar-refractivity contribution in [2.24, 2.45) is 0 Å². The zero-order chi connectivity index (χ0) is 17.2. The lowest BCUT2D eigenvalue weighted by atomic mass is 9.80. The number of carbonyl (C=O) groups excluding carboxylic acids is 1.